The van der Waals surface area contributed by atoms with Crippen LogP contribution in [-0.4, -0.2) is 26.5 Å². The van der Waals surface area contributed by atoms with Gasteiger partial charge in [-0.3, -0.25) is 0 Å². The summed E-state index contributed by atoms with van der Waals surface area (Å²) in [7, 11) is 0. The highest BCUT2D eigenvalue weighted by Crippen LogP contribution is 2.30. The molecule has 1 aromatic heterocycles. The normalized spacial score (nSPS) is 10.4. The fourth-order valence-electron chi connectivity index (χ4n) is 1.25. The van der Waals surface area contributed by atoms with E-state index < -0.39 is 5.97 Å². The lowest BCUT2D eigenvalue weighted by Crippen LogP contribution is -1.99. The summed E-state index contributed by atoms with van der Waals surface area (Å²) < 4.78 is 0. The number of carboxylic acids is 1. The molecule has 5 nitrogen and oxygen atoms in total. The van der Waals surface area contributed by atoms with E-state index in [1.165, 1.54) is 6.07 Å². The molecule has 0 bridgehead atoms. The molecule has 0 amide bonds. The highest BCUT2D eigenvalue weighted by molar-refractivity contribution is 6.36. The number of aromatic nitrogens is 3. The number of nitrogens with one attached hydrogen (secondary N) is 1. The molecule has 0 saturated carbocycles. The Balaban J connectivity index is 2.59. The van der Waals surface area contributed by atoms with Crippen molar-refractivity contribution in [1.29, 1.82) is 0 Å². The first-order valence-electron chi connectivity index (χ1n) is 4.19. The van der Waals surface area contributed by atoms with E-state index in [-0.39, 0.29) is 11.4 Å². The maximum absolute atomic E-state index is 10.8. The second kappa shape index (κ2) is 4.11. The number of rotatable bonds is 2. The van der Waals surface area contributed by atoms with Crippen LogP contribution < -0.4 is 0 Å². The molecular weight excluding hydrogens is 253 g/mol. The van der Waals surface area contributed by atoms with Crippen LogP contribution in [0.15, 0.2) is 18.2 Å². The van der Waals surface area contributed by atoms with Crippen LogP contribution in [0.25, 0.3) is 11.3 Å². The van der Waals surface area contributed by atoms with E-state index in [9.17, 15) is 4.79 Å². The van der Waals surface area contributed by atoms with E-state index in [0.717, 1.165) is 0 Å². The highest BCUT2D eigenvalue weighted by Gasteiger charge is 2.18. The van der Waals surface area contributed by atoms with E-state index in [4.69, 9.17) is 28.3 Å². The Kier molecular flexibility index (Phi) is 2.80. The largest absolute Gasteiger partial charge is 0.476 e. The average Bonchev–Trinajstić information content (AvgIpc) is 2.66. The first-order valence-corrected chi connectivity index (χ1v) is 4.94. The second-order valence-electron chi connectivity index (χ2n) is 2.95. The number of carbonyl (C=O) groups is 1. The number of aromatic amines is 1. The highest BCUT2D eigenvalue weighted by atomic mass is 35.5. The Bertz CT molecular complexity index is 553. The molecule has 0 radical (unpaired) electrons. The molecule has 16 heavy (non-hydrogen) atoms. The summed E-state index contributed by atoms with van der Waals surface area (Å²) in [6.45, 7) is 0. The van der Waals surface area contributed by atoms with Gasteiger partial charge in [0.1, 0.15) is 5.69 Å². The maximum atomic E-state index is 10.8. The van der Waals surface area contributed by atoms with Gasteiger partial charge in [-0.05, 0) is 18.2 Å². The molecular formula is C9H5Cl2N3O2. The number of hydrogen-bond donors (Lipinski definition) is 2. The lowest BCUT2D eigenvalue weighted by molar-refractivity contribution is 0.0691. The first kappa shape index (κ1) is 10.9. The Morgan fingerprint density at radius 2 is 2.06 bits per heavy atom. The molecule has 82 valence electrons. The number of carboxylic acid groups (broad SMARTS) is 1. The minimum Gasteiger partial charge on any atom is -0.476 e. The molecule has 0 aliphatic rings. The molecule has 2 N–H and O–H groups in total. The zero-order valence-electron chi connectivity index (χ0n) is 7.74. The van der Waals surface area contributed by atoms with Gasteiger partial charge in [0, 0.05) is 10.6 Å². The third kappa shape index (κ3) is 1.87. The first-order chi connectivity index (χ1) is 7.59. The molecule has 1 aromatic carbocycles. The van der Waals surface area contributed by atoms with Gasteiger partial charge >= 0.3 is 5.97 Å². The van der Waals surface area contributed by atoms with Gasteiger partial charge in [0.2, 0.25) is 0 Å². The van der Waals surface area contributed by atoms with Gasteiger partial charge < -0.3 is 5.11 Å². The molecule has 0 saturated heterocycles. The summed E-state index contributed by atoms with van der Waals surface area (Å²) >= 11 is 11.7. The van der Waals surface area contributed by atoms with E-state index in [0.29, 0.717) is 15.6 Å². The fourth-order valence-corrected chi connectivity index (χ4v) is 1.75. The molecule has 0 fully saturated rings. The summed E-state index contributed by atoms with van der Waals surface area (Å²) in [6, 6.07) is 4.71. The zero-order valence-corrected chi connectivity index (χ0v) is 9.25. The van der Waals surface area contributed by atoms with Crippen molar-refractivity contribution in [2.75, 3.05) is 0 Å². The van der Waals surface area contributed by atoms with Crippen LogP contribution >= 0.6 is 23.2 Å². The predicted octanol–water partition coefficient (Wildman–Crippen LogP) is 2.48. The molecule has 0 unspecified atom stereocenters. The van der Waals surface area contributed by atoms with Crippen LogP contribution in [0.1, 0.15) is 10.5 Å². The average molecular weight is 258 g/mol. The fraction of sp³-hybridized carbons (Fsp3) is 0. The van der Waals surface area contributed by atoms with Crippen molar-refractivity contribution in [3.63, 3.8) is 0 Å². The van der Waals surface area contributed by atoms with Crippen molar-refractivity contribution in [2.24, 2.45) is 0 Å². The van der Waals surface area contributed by atoms with Gasteiger partial charge in [-0.25, -0.2) is 4.79 Å². The third-order valence-corrected chi connectivity index (χ3v) is 2.48. The summed E-state index contributed by atoms with van der Waals surface area (Å²) in [5.41, 5.74) is 0.482. The Morgan fingerprint density at radius 1 is 1.31 bits per heavy atom. The number of benzene rings is 1. The third-order valence-electron chi connectivity index (χ3n) is 1.94. The Labute approximate surface area is 100 Å². The van der Waals surface area contributed by atoms with Crippen molar-refractivity contribution in [3.05, 3.63) is 33.9 Å². The van der Waals surface area contributed by atoms with Crippen molar-refractivity contribution < 1.29 is 9.90 Å². The minimum atomic E-state index is -1.17. The van der Waals surface area contributed by atoms with Crippen LogP contribution in [0.5, 0.6) is 0 Å². The summed E-state index contributed by atoms with van der Waals surface area (Å²) in [5.74, 6) is -1.17. The Hall–Kier alpha value is -1.59. The molecule has 0 aliphatic heterocycles. The molecule has 7 heteroatoms. The Morgan fingerprint density at radius 3 is 2.69 bits per heavy atom. The molecule has 0 aliphatic carbocycles. The topological polar surface area (TPSA) is 78.9 Å². The number of halogens is 2. The standard InChI is InChI=1S/C9H5Cl2N3O2/c10-4-1-2-5(6(11)3-4)7-8(9(15)16)13-14-12-7/h1-3H,(H,15,16)(H,12,13,14). The zero-order chi connectivity index (χ0) is 11.7. The summed E-state index contributed by atoms with van der Waals surface area (Å²) in [4.78, 5) is 10.8. The summed E-state index contributed by atoms with van der Waals surface area (Å²) in [5, 5.41) is 19.2. The number of H-pyrrole nitrogens is 1. The lowest BCUT2D eigenvalue weighted by atomic mass is 10.1. The van der Waals surface area contributed by atoms with Gasteiger partial charge in [0.25, 0.3) is 0 Å². The van der Waals surface area contributed by atoms with Gasteiger partial charge in [-0.1, -0.05) is 23.2 Å². The number of hydrogen-bond acceptors (Lipinski definition) is 3. The summed E-state index contributed by atoms with van der Waals surface area (Å²) in [6.07, 6.45) is 0. The van der Waals surface area contributed by atoms with E-state index in [1.807, 2.05) is 0 Å². The number of aromatic carboxylic acids is 1. The quantitative estimate of drug-likeness (QED) is 0.867. The monoisotopic (exact) mass is 257 g/mol. The van der Waals surface area contributed by atoms with E-state index >= 15 is 0 Å². The molecule has 0 atom stereocenters. The lowest BCUT2D eigenvalue weighted by Gasteiger charge is -2.01. The van der Waals surface area contributed by atoms with Gasteiger partial charge in [0.05, 0.1) is 5.02 Å². The molecule has 0 spiro atoms. The van der Waals surface area contributed by atoms with Crippen molar-refractivity contribution >= 4 is 29.2 Å². The van der Waals surface area contributed by atoms with E-state index in [2.05, 4.69) is 15.4 Å². The van der Waals surface area contributed by atoms with Crippen LogP contribution in [0.4, 0.5) is 0 Å². The minimum absolute atomic E-state index is 0.177. The van der Waals surface area contributed by atoms with Crippen LogP contribution in [0, 0.1) is 0 Å². The molecule has 1 heterocycles. The number of nitrogens with zero attached hydrogens (tertiary/aromatic N) is 2. The maximum Gasteiger partial charge on any atom is 0.358 e. The van der Waals surface area contributed by atoms with Crippen molar-refractivity contribution in [3.8, 4) is 11.3 Å². The van der Waals surface area contributed by atoms with Crippen molar-refractivity contribution in [2.45, 2.75) is 0 Å². The predicted molar refractivity (Wildman–Crippen MR) is 58.8 cm³/mol. The van der Waals surface area contributed by atoms with E-state index in [1.54, 1.807) is 12.1 Å². The van der Waals surface area contributed by atoms with Crippen LogP contribution in [0.3, 0.4) is 0 Å². The SMILES string of the molecule is O=C(O)c1n[nH]nc1-c1ccc(Cl)cc1Cl. The van der Waals surface area contributed by atoms with Gasteiger partial charge in [-0.15, -0.1) is 5.10 Å². The van der Waals surface area contributed by atoms with Gasteiger partial charge in [-0.2, -0.15) is 10.3 Å². The van der Waals surface area contributed by atoms with Crippen molar-refractivity contribution in [1.82, 2.24) is 15.4 Å². The smallest absolute Gasteiger partial charge is 0.358 e. The van der Waals surface area contributed by atoms with Crippen LogP contribution in [-0.2, 0) is 0 Å². The second-order valence-corrected chi connectivity index (χ2v) is 3.79. The molecule has 2 aromatic rings. The van der Waals surface area contributed by atoms with Gasteiger partial charge in [0.15, 0.2) is 5.69 Å². The molecule has 2 rings (SSSR count). The van der Waals surface area contributed by atoms with Crippen LogP contribution in [0.2, 0.25) is 10.0 Å².